The Bertz CT molecular complexity index is 1120. The van der Waals surface area contributed by atoms with Crippen LogP contribution >= 0.6 is 0 Å². The van der Waals surface area contributed by atoms with Gasteiger partial charge >= 0.3 is 0 Å². The summed E-state index contributed by atoms with van der Waals surface area (Å²) < 4.78 is 0. The van der Waals surface area contributed by atoms with Crippen molar-refractivity contribution >= 4 is 16.5 Å². The molecule has 1 atom stereocenters. The zero-order chi connectivity index (χ0) is 17.4. The molecule has 4 rings (SSSR count). The smallest absolute Gasteiger partial charge is 0.250 e. The summed E-state index contributed by atoms with van der Waals surface area (Å²) in [4.78, 5) is 28.6. The molecule has 0 radical (unpaired) electrons. The molecule has 0 aliphatic rings. The Morgan fingerprint density at radius 1 is 0.920 bits per heavy atom. The molecule has 0 saturated carbocycles. The topological polar surface area (TPSA) is 59.1 Å². The largest absolute Gasteiger partial charge is 0.375 e. The normalized spacial score (nSPS) is 12.4. The fraction of sp³-hybridized carbons (Fsp3) is 0.0952. The van der Waals surface area contributed by atoms with E-state index in [0.717, 1.165) is 21.9 Å². The van der Waals surface area contributed by atoms with Crippen LogP contribution in [-0.4, -0.2) is 4.98 Å². The molecule has 0 unspecified atom stereocenters. The minimum Gasteiger partial charge on any atom is -0.375 e. The van der Waals surface area contributed by atoms with E-state index in [4.69, 9.17) is 0 Å². The number of rotatable bonds is 4. The molecule has 1 heterocycles. The first-order chi connectivity index (χ1) is 12.2. The van der Waals surface area contributed by atoms with Gasteiger partial charge in [-0.25, -0.2) is 0 Å². The van der Waals surface area contributed by atoms with Gasteiger partial charge in [0.2, 0.25) is 10.9 Å². The molecular weight excluding hydrogens is 312 g/mol. The predicted octanol–water partition coefficient (Wildman–Crippen LogP) is 3.67. The molecule has 0 spiro atoms. The molecule has 0 saturated heterocycles. The minimum absolute atomic E-state index is 0.0695. The summed E-state index contributed by atoms with van der Waals surface area (Å²) in [6, 6.07) is 17.3. The van der Waals surface area contributed by atoms with Gasteiger partial charge in [-0.1, -0.05) is 48.5 Å². The number of nitrogens with zero attached hydrogens (tertiary/aromatic N) is 1. The lowest BCUT2D eigenvalue weighted by Gasteiger charge is -2.20. The van der Waals surface area contributed by atoms with Gasteiger partial charge in [0.15, 0.2) is 0 Å². The SMILES string of the molecule is C[C@@H](Nc1c(-c2cccc3cnccc23)c(=O)c1=O)c1ccccc1. The molecule has 122 valence electrons. The van der Waals surface area contributed by atoms with Crippen LogP contribution in [0.2, 0.25) is 0 Å². The molecule has 0 aliphatic carbocycles. The van der Waals surface area contributed by atoms with Crippen molar-refractivity contribution in [1.29, 1.82) is 0 Å². The van der Waals surface area contributed by atoms with Crippen LogP contribution in [0.4, 0.5) is 5.69 Å². The zero-order valence-corrected chi connectivity index (χ0v) is 13.7. The molecule has 25 heavy (non-hydrogen) atoms. The van der Waals surface area contributed by atoms with Crippen molar-refractivity contribution in [3.8, 4) is 11.1 Å². The maximum Gasteiger partial charge on any atom is 0.250 e. The van der Waals surface area contributed by atoms with Gasteiger partial charge in [-0.3, -0.25) is 14.6 Å². The van der Waals surface area contributed by atoms with Crippen molar-refractivity contribution < 1.29 is 0 Å². The highest BCUT2D eigenvalue weighted by molar-refractivity contribution is 6.00. The third kappa shape index (κ3) is 2.52. The number of hydrogen-bond acceptors (Lipinski definition) is 4. The van der Waals surface area contributed by atoms with Crippen LogP contribution in [-0.2, 0) is 0 Å². The Kier molecular flexibility index (Phi) is 3.65. The average molecular weight is 328 g/mol. The maximum absolute atomic E-state index is 12.3. The van der Waals surface area contributed by atoms with Gasteiger partial charge < -0.3 is 5.32 Å². The standard InChI is InChI=1S/C21H16N2O2/c1-13(14-6-3-2-4-7-14)23-19-18(20(24)21(19)25)17-9-5-8-15-12-22-11-10-16(15)17/h2-13,23H,1H3/t13-/m1/s1. The summed E-state index contributed by atoms with van der Waals surface area (Å²) in [6.45, 7) is 1.98. The van der Waals surface area contributed by atoms with Gasteiger partial charge in [-0.2, -0.15) is 0 Å². The van der Waals surface area contributed by atoms with Crippen LogP contribution in [0.15, 0.2) is 76.6 Å². The number of hydrogen-bond donors (Lipinski definition) is 1. The first kappa shape index (κ1) is 15.3. The zero-order valence-electron chi connectivity index (χ0n) is 13.7. The summed E-state index contributed by atoms with van der Waals surface area (Å²) in [5.74, 6) is 0. The summed E-state index contributed by atoms with van der Waals surface area (Å²) in [5.41, 5.74) is 1.79. The predicted molar refractivity (Wildman–Crippen MR) is 101 cm³/mol. The number of fused-ring (bicyclic) bond motifs is 1. The molecule has 0 aliphatic heterocycles. The molecule has 4 heteroatoms. The number of anilines is 1. The highest BCUT2D eigenvalue weighted by Crippen LogP contribution is 2.32. The Labute approximate surface area is 144 Å². The van der Waals surface area contributed by atoms with Crippen LogP contribution in [0.5, 0.6) is 0 Å². The molecule has 4 aromatic rings. The van der Waals surface area contributed by atoms with E-state index in [1.165, 1.54) is 0 Å². The molecule has 0 fully saturated rings. The van der Waals surface area contributed by atoms with E-state index in [1.54, 1.807) is 12.4 Å². The van der Waals surface area contributed by atoms with Crippen molar-refractivity contribution in [3.05, 3.63) is 93.0 Å². The van der Waals surface area contributed by atoms with Gasteiger partial charge in [0.25, 0.3) is 0 Å². The van der Waals surface area contributed by atoms with Gasteiger partial charge in [0.05, 0.1) is 11.3 Å². The second-order valence-corrected chi connectivity index (χ2v) is 6.09. The van der Waals surface area contributed by atoms with Crippen LogP contribution < -0.4 is 16.2 Å². The Morgan fingerprint density at radius 3 is 2.52 bits per heavy atom. The fourth-order valence-corrected chi connectivity index (χ4v) is 3.17. The minimum atomic E-state index is -0.455. The number of pyridine rings is 1. The van der Waals surface area contributed by atoms with Crippen LogP contribution in [0, 0.1) is 0 Å². The lowest BCUT2D eigenvalue weighted by Crippen LogP contribution is -2.36. The molecule has 3 aromatic carbocycles. The Morgan fingerprint density at radius 2 is 1.72 bits per heavy atom. The second kappa shape index (κ2) is 5.98. The maximum atomic E-state index is 12.3. The van der Waals surface area contributed by atoms with Crippen LogP contribution in [0.25, 0.3) is 21.9 Å². The van der Waals surface area contributed by atoms with Gasteiger partial charge in [-0.15, -0.1) is 0 Å². The Hall–Kier alpha value is -3.27. The van der Waals surface area contributed by atoms with E-state index in [2.05, 4.69) is 10.3 Å². The molecule has 1 aromatic heterocycles. The average Bonchev–Trinajstić information content (AvgIpc) is 2.68. The van der Waals surface area contributed by atoms with E-state index < -0.39 is 10.9 Å². The summed E-state index contributed by atoms with van der Waals surface area (Å²) in [7, 11) is 0. The highest BCUT2D eigenvalue weighted by Gasteiger charge is 2.24. The Balaban J connectivity index is 1.79. The van der Waals surface area contributed by atoms with Crippen molar-refractivity contribution in [2.75, 3.05) is 5.32 Å². The van der Waals surface area contributed by atoms with E-state index in [1.807, 2.05) is 61.5 Å². The highest BCUT2D eigenvalue weighted by atomic mass is 16.2. The number of benzene rings is 2. The van der Waals surface area contributed by atoms with Gasteiger partial charge in [-0.05, 0) is 29.5 Å². The van der Waals surface area contributed by atoms with Crippen molar-refractivity contribution in [1.82, 2.24) is 4.98 Å². The molecule has 4 nitrogen and oxygen atoms in total. The summed E-state index contributed by atoms with van der Waals surface area (Å²) >= 11 is 0. The molecule has 0 bridgehead atoms. The fourth-order valence-electron chi connectivity index (χ4n) is 3.17. The van der Waals surface area contributed by atoms with E-state index in [-0.39, 0.29) is 6.04 Å². The monoisotopic (exact) mass is 328 g/mol. The summed E-state index contributed by atoms with van der Waals surface area (Å²) in [6.07, 6.45) is 3.45. The second-order valence-electron chi connectivity index (χ2n) is 6.09. The molecular formula is C21H16N2O2. The lowest BCUT2D eigenvalue weighted by atomic mass is 9.93. The molecule has 1 N–H and O–H groups in total. The van der Waals surface area contributed by atoms with Crippen molar-refractivity contribution in [2.45, 2.75) is 13.0 Å². The van der Waals surface area contributed by atoms with E-state index in [0.29, 0.717) is 11.3 Å². The van der Waals surface area contributed by atoms with Crippen LogP contribution in [0.3, 0.4) is 0 Å². The molecule has 0 amide bonds. The van der Waals surface area contributed by atoms with Gasteiger partial charge in [0, 0.05) is 23.8 Å². The van der Waals surface area contributed by atoms with Crippen LogP contribution in [0.1, 0.15) is 18.5 Å². The van der Waals surface area contributed by atoms with Crippen molar-refractivity contribution in [3.63, 3.8) is 0 Å². The number of nitrogens with one attached hydrogen (secondary N) is 1. The first-order valence-corrected chi connectivity index (χ1v) is 8.14. The third-order valence-corrected chi connectivity index (χ3v) is 4.52. The first-order valence-electron chi connectivity index (χ1n) is 8.14. The summed E-state index contributed by atoms with van der Waals surface area (Å²) in [5, 5.41) is 5.08. The number of aromatic nitrogens is 1. The van der Waals surface area contributed by atoms with E-state index >= 15 is 0 Å². The van der Waals surface area contributed by atoms with Crippen molar-refractivity contribution in [2.24, 2.45) is 0 Å². The quantitative estimate of drug-likeness (QED) is 0.581. The van der Waals surface area contributed by atoms with Gasteiger partial charge in [0.1, 0.15) is 0 Å². The third-order valence-electron chi connectivity index (χ3n) is 4.52. The van der Waals surface area contributed by atoms with E-state index in [9.17, 15) is 9.59 Å². The lowest BCUT2D eigenvalue weighted by molar-refractivity contribution is 0.880.